The highest BCUT2D eigenvalue weighted by molar-refractivity contribution is 6.09. The lowest BCUT2D eigenvalue weighted by molar-refractivity contribution is 0.00779. The van der Waals surface area contributed by atoms with Crippen molar-refractivity contribution in [1.29, 1.82) is 5.41 Å². The van der Waals surface area contributed by atoms with Crippen molar-refractivity contribution in [3.05, 3.63) is 42.7 Å². The van der Waals surface area contributed by atoms with Crippen molar-refractivity contribution in [2.24, 2.45) is 4.99 Å². The Morgan fingerprint density at radius 2 is 2.09 bits per heavy atom. The Balaban J connectivity index is 1.73. The van der Waals surface area contributed by atoms with Gasteiger partial charge in [0.1, 0.15) is 17.5 Å². The molecule has 8 nitrogen and oxygen atoms in total. The minimum absolute atomic E-state index is 0.0354. The summed E-state index contributed by atoms with van der Waals surface area (Å²) in [6.45, 7) is 13.3. The van der Waals surface area contributed by atoms with Crippen molar-refractivity contribution in [1.82, 2.24) is 14.8 Å². The molecule has 32 heavy (non-hydrogen) atoms. The molecule has 172 valence electrons. The van der Waals surface area contributed by atoms with E-state index in [9.17, 15) is 4.79 Å². The number of pyridine rings is 1. The molecule has 1 aliphatic carbocycles. The molecule has 1 atom stereocenters. The zero-order chi connectivity index (χ0) is 23.3. The second kappa shape index (κ2) is 9.97. The van der Waals surface area contributed by atoms with Crippen LogP contribution in [0.2, 0.25) is 0 Å². The fourth-order valence-corrected chi connectivity index (χ4v) is 3.39. The lowest BCUT2D eigenvalue weighted by Gasteiger charge is -2.40. The number of hydrogen-bond donors (Lipinski definition) is 1. The number of rotatable bonds is 6. The van der Waals surface area contributed by atoms with Gasteiger partial charge in [-0.2, -0.15) is 0 Å². The zero-order valence-corrected chi connectivity index (χ0v) is 19.4. The van der Waals surface area contributed by atoms with Crippen LogP contribution in [0.3, 0.4) is 0 Å². The first-order valence-corrected chi connectivity index (χ1v) is 11.0. The maximum absolute atomic E-state index is 12.5. The molecule has 1 aromatic heterocycles. The highest BCUT2D eigenvalue weighted by Gasteiger charge is 2.31. The molecular formula is C24H33N5O3. The molecular weight excluding hydrogens is 406 g/mol. The smallest absolute Gasteiger partial charge is 0.410 e. The van der Waals surface area contributed by atoms with Gasteiger partial charge in [0.05, 0.1) is 0 Å². The minimum atomic E-state index is -0.524. The lowest BCUT2D eigenvalue weighted by atomic mass is 10.1. The van der Waals surface area contributed by atoms with Crippen LogP contribution in [0.15, 0.2) is 42.2 Å². The molecule has 1 aromatic rings. The minimum Gasteiger partial charge on any atom is -0.474 e. The molecule has 2 heterocycles. The van der Waals surface area contributed by atoms with Crippen LogP contribution in [0.25, 0.3) is 5.57 Å². The van der Waals surface area contributed by atoms with Crippen molar-refractivity contribution in [2.75, 3.05) is 19.6 Å². The van der Waals surface area contributed by atoms with E-state index < -0.39 is 5.60 Å². The quantitative estimate of drug-likeness (QED) is 0.531. The van der Waals surface area contributed by atoms with Gasteiger partial charge in [-0.3, -0.25) is 0 Å². The number of piperazine rings is 1. The van der Waals surface area contributed by atoms with Crippen LogP contribution in [0, 0.1) is 5.41 Å². The molecule has 1 aliphatic heterocycles. The number of allylic oxidation sites excluding steroid dienone is 1. The van der Waals surface area contributed by atoms with Crippen molar-refractivity contribution in [3.63, 3.8) is 0 Å². The van der Waals surface area contributed by atoms with Gasteiger partial charge in [-0.05, 0) is 58.7 Å². The molecule has 3 rings (SSSR count). The molecule has 0 aromatic carbocycles. The van der Waals surface area contributed by atoms with Gasteiger partial charge >= 0.3 is 6.09 Å². The van der Waals surface area contributed by atoms with Crippen LogP contribution < -0.4 is 4.74 Å². The number of aromatic nitrogens is 1. The maximum Gasteiger partial charge on any atom is 0.410 e. The Kier molecular flexibility index (Phi) is 7.33. The Morgan fingerprint density at radius 3 is 2.69 bits per heavy atom. The first-order valence-electron chi connectivity index (χ1n) is 11.0. The third kappa shape index (κ3) is 6.18. The van der Waals surface area contributed by atoms with E-state index >= 15 is 0 Å². The lowest BCUT2D eigenvalue weighted by Crippen LogP contribution is -2.56. The van der Waals surface area contributed by atoms with E-state index in [2.05, 4.69) is 21.5 Å². The Labute approximate surface area is 190 Å². The predicted molar refractivity (Wildman–Crippen MR) is 126 cm³/mol. The van der Waals surface area contributed by atoms with Gasteiger partial charge in [-0.25, -0.2) is 14.8 Å². The van der Waals surface area contributed by atoms with Crippen LogP contribution in [-0.4, -0.2) is 70.3 Å². The topological polar surface area (TPSA) is 91.1 Å². The van der Waals surface area contributed by atoms with Gasteiger partial charge in [0, 0.05) is 55.4 Å². The predicted octanol–water partition coefficient (Wildman–Crippen LogP) is 4.14. The first-order chi connectivity index (χ1) is 15.2. The molecule has 0 unspecified atom stereocenters. The summed E-state index contributed by atoms with van der Waals surface area (Å²) >= 11 is 0. The molecule has 0 bridgehead atoms. The summed E-state index contributed by atoms with van der Waals surface area (Å²) in [4.78, 5) is 25.2. The third-order valence-electron chi connectivity index (χ3n) is 5.14. The summed E-state index contributed by atoms with van der Waals surface area (Å²) in [5.74, 6) is 1.22. The van der Waals surface area contributed by atoms with Gasteiger partial charge in [0.25, 0.3) is 0 Å². The number of ether oxygens (including phenoxy) is 2. The number of nitrogens with one attached hydrogen (secondary N) is 1. The SMILES string of the molecule is C=CC(=NC=C(C=N)c1cccnc1OC1CC1)N1CCN(C(=O)OC(C)(C)C)[C@H](C)C1. The van der Waals surface area contributed by atoms with E-state index in [4.69, 9.17) is 14.9 Å². The molecule has 0 radical (unpaired) electrons. The summed E-state index contributed by atoms with van der Waals surface area (Å²) in [5, 5.41) is 7.87. The number of amidine groups is 1. The maximum atomic E-state index is 12.5. The molecule has 1 saturated carbocycles. The van der Waals surface area contributed by atoms with Gasteiger partial charge in [0.15, 0.2) is 0 Å². The number of hydrogen-bond acceptors (Lipinski definition) is 6. The summed E-state index contributed by atoms with van der Waals surface area (Å²) in [6.07, 6.45) is 8.26. The number of amides is 1. The van der Waals surface area contributed by atoms with E-state index in [1.165, 1.54) is 6.21 Å². The van der Waals surface area contributed by atoms with E-state index in [1.807, 2.05) is 39.8 Å². The van der Waals surface area contributed by atoms with Gasteiger partial charge in [0.2, 0.25) is 5.88 Å². The fourth-order valence-electron chi connectivity index (χ4n) is 3.39. The average Bonchev–Trinajstić information content (AvgIpc) is 3.55. The number of nitrogens with zero attached hydrogens (tertiary/aromatic N) is 4. The molecule has 0 spiro atoms. The molecule has 1 saturated heterocycles. The van der Waals surface area contributed by atoms with Gasteiger partial charge in [-0.1, -0.05) is 6.58 Å². The normalized spacial score (nSPS) is 20.1. The molecule has 1 N–H and O–H groups in total. The number of aliphatic imine (C=N–C) groups is 1. The van der Waals surface area contributed by atoms with Crippen molar-refractivity contribution in [2.45, 2.75) is 58.3 Å². The van der Waals surface area contributed by atoms with Gasteiger partial charge in [-0.15, -0.1) is 0 Å². The number of carbonyl (C=O) groups excluding carboxylic acids is 1. The monoisotopic (exact) mass is 439 g/mol. The summed E-state index contributed by atoms with van der Waals surface area (Å²) in [6, 6.07) is 3.67. The van der Waals surface area contributed by atoms with Crippen molar-refractivity contribution < 1.29 is 14.3 Å². The molecule has 2 aliphatic rings. The third-order valence-corrected chi connectivity index (χ3v) is 5.14. The summed E-state index contributed by atoms with van der Waals surface area (Å²) in [5.41, 5.74) is 0.822. The Morgan fingerprint density at radius 1 is 1.34 bits per heavy atom. The fraction of sp³-hybridized carbons (Fsp3) is 0.500. The van der Waals surface area contributed by atoms with E-state index in [-0.39, 0.29) is 18.2 Å². The van der Waals surface area contributed by atoms with Crippen LogP contribution in [-0.2, 0) is 4.74 Å². The van der Waals surface area contributed by atoms with E-state index in [0.29, 0.717) is 36.9 Å². The van der Waals surface area contributed by atoms with Gasteiger partial charge < -0.3 is 24.7 Å². The van der Waals surface area contributed by atoms with Crippen LogP contribution >= 0.6 is 0 Å². The van der Waals surface area contributed by atoms with E-state index in [0.717, 1.165) is 18.4 Å². The van der Waals surface area contributed by atoms with Crippen LogP contribution in [0.5, 0.6) is 5.88 Å². The van der Waals surface area contributed by atoms with Crippen LogP contribution in [0.4, 0.5) is 4.79 Å². The van der Waals surface area contributed by atoms with Crippen LogP contribution in [0.1, 0.15) is 46.1 Å². The average molecular weight is 440 g/mol. The zero-order valence-electron chi connectivity index (χ0n) is 19.4. The van der Waals surface area contributed by atoms with Crippen molar-refractivity contribution in [3.8, 4) is 5.88 Å². The summed E-state index contributed by atoms with van der Waals surface area (Å²) < 4.78 is 11.4. The largest absolute Gasteiger partial charge is 0.474 e. The molecule has 2 fully saturated rings. The Hall–Kier alpha value is -3.16. The molecule has 1 amide bonds. The standard InChI is InChI=1S/C24H33N5O3/c1-6-21(28-12-13-29(17(2)16-28)23(30)32-24(3,4)5)27-15-18(14-25)20-8-7-11-26-22(20)31-19-9-10-19/h6-8,11,14-15,17,19,25H,1,9-10,12-13,16H2,2-5H3/t17-/m1/s1. The Bertz CT molecular complexity index is 914. The van der Waals surface area contributed by atoms with Crippen molar-refractivity contribution >= 4 is 23.7 Å². The second-order valence-electron chi connectivity index (χ2n) is 9.06. The summed E-state index contributed by atoms with van der Waals surface area (Å²) in [7, 11) is 0. The van der Waals surface area contributed by atoms with E-state index in [1.54, 1.807) is 23.4 Å². The molecule has 8 heteroatoms. The highest BCUT2D eigenvalue weighted by atomic mass is 16.6. The number of carbonyl (C=O) groups is 1. The first kappa shape index (κ1) is 23.5. The highest BCUT2D eigenvalue weighted by Crippen LogP contribution is 2.30. The second-order valence-corrected chi connectivity index (χ2v) is 9.06.